The fourth-order valence-corrected chi connectivity index (χ4v) is 2.10. The van der Waals surface area contributed by atoms with Crippen molar-refractivity contribution >= 4 is 17.2 Å². The third kappa shape index (κ3) is 3.26. The highest BCUT2D eigenvalue weighted by atomic mass is 32.1. The van der Waals surface area contributed by atoms with Crippen molar-refractivity contribution in [2.45, 2.75) is 31.8 Å². The van der Waals surface area contributed by atoms with Gasteiger partial charge in [-0.05, 0) is 13.3 Å². The first kappa shape index (κ1) is 15.0. The maximum absolute atomic E-state index is 11.9. The van der Waals surface area contributed by atoms with E-state index in [2.05, 4.69) is 10.3 Å². The summed E-state index contributed by atoms with van der Waals surface area (Å²) >= 11 is 1.31. The Bertz CT molecular complexity index is 394. The van der Waals surface area contributed by atoms with Gasteiger partial charge in [-0.15, -0.1) is 11.3 Å². The highest BCUT2D eigenvalue weighted by Gasteiger charge is 2.29. The Kier molecular flexibility index (Phi) is 5.21. The van der Waals surface area contributed by atoms with Gasteiger partial charge in [-0.1, -0.05) is 6.92 Å². The van der Waals surface area contributed by atoms with Gasteiger partial charge in [-0.2, -0.15) is 0 Å². The van der Waals surface area contributed by atoms with Crippen LogP contribution in [0.15, 0.2) is 5.38 Å². The van der Waals surface area contributed by atoms with Crippen LogP contribution >= 0.6 is 11.3 Å². The van der Waals surface area contributed by atoms with Gasteiger partial charge in [0.25, 0.3) is 5.91 Å². The van der Waals surface area contributed by atoms with Crippen molar-refractivity contribution in [3.8, 4) is 0 Å². The number of rotatable bonds is 6. The number of hydrogen-bond acceptors (Lipinski definition) is 6. The number of aliphatic hydroxyl groups excluding tert-OH is 2. The molecule has 5 N–H and O–H groups in total. The first-order chi connectivity index (χ1) is 8.48. The lowest BCUT2D eigenvalue weighted by molar-refractivity contribution is 0.0649. The average Bonchev–Trinajstić information content (AvgIpc) is 2.86. The summed E-state index contributed by atoms with van der Waals surface area (Å²) in [5.74, 6) is -0.414. The minimum atomic E-state index is -1.00. The zero-order chi connectivity index (χ0) is 13.8. The molecule has 0 bridgehead atoms. The summed E-state index contributed by atoms with van der Waals surface area (Å²) in [6.45, 7) is 2.92. The van der Waals surface area contributed by atoms with E-state index < -0.39 is 11.4 Å². The lowest BCUT2D eigenvalue weighted by atomic mass is 9.98. The molecular formula is C11H19N3O3S. The number of aromatic nitrogens is 1. The quantitative estimate of drug-likeness (QED) is 0.584. The average molecular weight is 273 g/mol. The molecule has 0 saturated heterocycles. The molecule has 1 rings (SSSR count). The molecule has 18 heavy (non-hydrogen) atoms. The number of carbonyl (C=O) groups excluding carboxylic acids is 1. The molecule has 0 aliphatic carbocycles. The molecule has 102 valence electrons. The fourth-order valence-electron chi connectivity index (χ4n) is 1.35. The molecule has 1 unspecified atom stereocenters. The lowest BCUT2D eigenvalue weighted by Gasteiger charge is -2.29. The van der Waals surface area contributed by atoms with E-state index in [9.17, 15) is 15.0 Å². The normalized spacial score (nSPS) is 13.4. The molecule has 0 aliphatic heterocycles. The van der Waals surface area contributed by atoms with Crippen LogP contribution < -0.4 is 11.1 Å². The first-order valence-electron chi connectivity index (χ1n) is 5.73. The maximum atomic E-state index is 11.9. The number of thiazole rings is 1. The second-order valence-electron chi connectivity index (χ2n) is 4.26. The number of hydrogen-bond donors (Lipinski definition) is 4. The van der Waals surface area contributed by atoms with Gasteiger partial charge in [0.2, 0.25) is 0 Å². The number of nitrogens with two attached hydrogens (primary N) is 1. The van der Waals surface area contributed by atoms with Crippen molar-refractivity contribution in [2.24, 2.45) is 5.73 Å². The van der Waals surface area contributed by atoms with Crippen molar-refractivity contribution < 1.29 is 15.0 Å². The standard InChI is InChI=1S/C11H19N3O3S/c1-3-11(5-15,6-16)14-9(17)8-4-18-10(13-8)7(2)12/h4,7,15-16H,3,5-6,12H2,1-2H3,(H,14,17). The monoisotopic (exact) mass is 273 g/mol. The maximum Gasteiger partial charge on any atom is 0.271 e. The summed E-state index contributed by atoms with van der Waals surface area (Å²) in [5.41, 5.74) is 4.92. The molecule has 0 aromatic carbocycles. The Morgan fingerprint density at radius 2 is 2.22 bits per heavy atom. The summed E-state index contributed by atoms with van der Waals surface area (Å²) in [5, 5.41) is 23.4. The van der Waals surface area contributed by atoms with E-state index in [-0.39, 0.29) is 24.9 Å². The van der Waals surface area contributed by atoms with Crippen LogP contribution in [0.1, 0.15) is 41.8 Å². The molecule has 7 heteroatoms. The van der Waals surface area contributed by atoms with E-state index in [4.69, 9.17) is 5.73 Å². The van der Waals surface area contributed by atoms with Crippen molar-refractivity contribution in [3.05, 3.63) is 16.1 Å². The molecule has 0 saturated carbocycles. The van der Waals surface area contributed by atoms with Crippen LogP contribution in [0.4, 0.5) is 0 Å². The predicted molar refractivity (Wildman–Crippen MR) is 69.4 cm³/mol. The number of nitrogens with zero attached hydrogens (tertiary/aromatic N) is 1. The smallest absolute Gasteiger partial charge is 0.271 e. The molecule has 1 atom stereocenters. The molecule has 0 aliphatic rings. The summed E-state index contributed by atoms with van der Waals surface area (Å²) in [4.78, 5) is 16.1. The Hall–Kier alpha value is -1.02. The second kappa shape index (κ2) is 6.24. The highest BCUT2D eigenvalue weighted by molar-refractivity contribution is 7.09. The Balaban J connectivity index is 2.80. The summed E-state index contributed by atoms with van der Waals surface area (Å²) in [7, 11) is 0. The van der Waals surface area contributed by atoms with Crippen LogP contribution in [0.25, 0.3) is 0 Å². The van der Waals surface area contributed by atoms with Crippen molar-refractivity contribution in [3.63, 3.8) is 0 Å². The van der Waals surface area contributed by atoms with Crippen LogP contribution in [-0.4, -0.2) is 39.9 Å². The van der Waals surface area contributed by atoms with Gasteiger partial charge in [-0.3, -0.25) is 4.79 Å². The lowest BCUT2D eigenvalue weighted by Crippen LogP contribution is -2.53. The number of nitrogens with one attached hydrogen (secondary N) is 1. The SMILES string of the molecule is CCC(CO)(CO)NC(=O)c1csc(C(C)N)n1. The van der Waals surface area contributed by atoms with E-state index in [1.54, 1.807) is 19.2 Å². The van der Waals surface area contributed by atoms with Gasteiger partial charge in [-0.25, -0.2) is 4.98 Å². The molecule has 1 amide bonds. The molecular weight excluding hydrogens is 254 g/mol. The van der Waals surface area contributed by atoms with Gasteiger partial charge in [0.15, 0.2) is 0 Å². The molecule has 0 spiro atoms. The van der Waals surface area contributed by atoms with Gasteiger partial charge in [0.1, 0.15) is 10.7 Å². The Labute approximate surface area is 110 Å². The highest BCUT2D eigenvalue weighted by Crippen LogP contribution is 2.17. The molecule has 6 nitrogen and oxygen atoms in total. The predicted octanol–water partition coefficient (Wildman–Crippen LogP) is 0.0260. The molecule has 0 radical (unpaired) electrons. The van der Waals surface area contributed by atoms with E-state index in [1.165, 1.54) is 11.3 Å². The van der Waals surface area contributed by atoms with Gasteiger partial charge < -0.3 is 21.3 Å². The number of carbonyl (C=O) groups is 1. The Morgan fingerprint density at radius 3 is 2.61 bits per heavy atom. The van der Waals surface area contributed by atoms with E-state index in [0.29, 0.717) is 11.4 Å². The second-order valence-corrected chi connectivity index (χ2v) is 5.15. The van der Waals surface area contributed by atoms with Crippen LogP contribution in [0.3, 0.4) is 0 Å². The summed E-state index contributed by atoms with van der Waals surface area (Å²) < 4.78 is 0. The van der Waals surface area contributed by atoms with Gasteiger partial charge >= 0.3 is 0 Å². The van der Waals surface area contributed by atoms with Crippen molar-refractivity contribution in [1.82, 2.24) is 10.3 Å². The van der Waals surface area contributed by atoms with Gasteiger partial charge in [0, 0.05) is 5.38 Å². The van der Waals surface area contributed by atoms with Crippen LogP contribution in [0.5, 0.6) is 0 Å². The van der Waals surface area contributed by atoms with Crippen molar-refractivity contribution in [1.29, 1.82) is 0 Å². The zero-order valence-electron chi connectivity index (χ0n) is 10.5. The minimum absolute atomic E-state index is 0.219. The molecule has 1 heterocycles. The fraction of sp³-hybridized carbons (Fsp3) is 0.636. The summed E-state index contributed by atoms with van der Waals surface area (Å²) in [6.07, 6.45) is 0.427. The molecule has 1 aromatic rings. The Morgan fingerprint density at radius 1 is 1.61 bits per heavy atom. The number of aliphatic hydroxyl groups is 2. The summed E-state index contributed by atoms with van der Waals surface area (Å²) in [6, 6.07) is -0.219. The van der Waals surface area contributed by atoms with E-state index >= 15 is 0 Å². The minimum Gasteiger partial charge on any atom is -0.394 e. The van der Waals surface area contributed by atoms with Crippen LogP contribution in [0.2, 0.25) is 0 Å². The molecule has 0 fully saturated rings. The van der Waals surface area contributed by atoms with E-state index in [1.807, 2.05) is 0 Å². The van der Waals surface area contributed by atoms with Crippen LogP contribution in [0, 0.1) is 0 Å². The van der Waals surface area contributed by atoms with E-state index in [0.717, 1.165) is 0 Å². The van der Waals surface area contributed by atoms with Crippen molar-refractivity contribution in [2.75, 3.05) is 13.2 Å². The largest absolute Gasteiger partial charge is 0.394 e. The number of amides is 1. The molecule has 1 aromatic heterocycles. The topological polar surface area (TPSA) is 108 Å². The zero-order valence-corrected chi connectivity index (χ0v) is 11.3. The van der Waals surface area contributed by atoms with Crippen LogP contribution in [-0.2, 0) is 0 Å². The third-order valence-electron chi connectivity index (χ3n) is 2.80. The first-order valence-corrected chi connectivity index (χ1v) is 6.61. The third-order valence-corrected chi connectivity index (χ3v) is 3.85. The van der Waals surface area contributed by atoms with Gasteiger partial charge in [0.05, 0.1) is 24.8 Å².